The first kappa shape index (κ1) is 14.1. The molecule has 0 saturated carbocycles. The standard InChI is InChI=1S/C20H20N2O/c23-22-19(16-9-3-1-4-10-16)15-17-11-5-6-12-18(17)20(22)21-13-7-2-8-14-21/h1,3-6,9-12,15H,2,7-8,13-14H2. The van der Waals surface area contributed by atoms with Crippen LogP contribution in [-0.2, 0) is 0 Å². The van der Waals surface area contributed by atoms with E-state index in [1.54, 1.807) is 0 Å². The Labute approximate surface area is 136 Å². The summed E-state index contributed by atoms with van der Waals surface area (Å²) in [6.45, 7) is 1.93. The minimum Gasteiger partial charge on any atom is -0.710 e. The number of hydrogen-bond acceptors (Lipinski definition) is 2. The molecule has 3 nitrogen and oxygen atoms in total. The van der Waals surface area contributed by atoms with Gasteiger partial charge in [0.15, 0.2) is 0 Å². The van der Waals surface area contributed by atoms with Gasteiger partial charge in [-0.1, -0.05) is 48.5 Å². The number of fused-ring (bicyclic) bond motifs is 1. The minimum absolute atomic E-state index is 0.727. The Kier molecular flexibility index (Phi) is 3.62. The average Bonchev–Trinajstić information content (AvgIpc) is 2.63. The molecular formula is C20H20N2O. The number of hydrogen-bond donors (Lipinski definition) is 0. The van der Waals surface area contributed by atoms with E-state index in [0.717, 1.165) is 58.5 Å². The summed E-state index contributed by atoms with van der Waals surface area (Å²) in [4.78, 5) is 2.26. The molecule has 0 bridgehead atoms. The second kappa shape index (κ2) is 5.92. The fourth-order valence-electron chi connectivity index (χ4n) is 3.47. The fraction of sp³-hybridized carbons (Fsp3) is 0.250. The maximum Gasteiger partial charge on any atom is 0.288 e. The van der Waals surface area contributed by atoms with Crippen molar-refractivity contribution < 1.29 is 4.73 Å². The molecule has 0 aliphatic carbocycles. The molecule has 0 amide bonds. The lowest BCUT2D eigenvalue weighted by Crippen LogP contribution is -2.42. The van der Waals surface area contributed by atoms with Crippen molar-refractivity contribution in [1.82, 2.24) is 0 Å². The van der Waals surface area contributed by atoms with Crippen LogP contribution in [0.1, 0.15) is 19.3 Å². The third kappa shape index (κ3) is 2.52. The highest BCUT2D eigenvalue weighted by Gasteiger charge is 2.24. The van der Waals surface area contributed by atoms with E-state index in [1.807, 2.05) is 48.5 Å². The molecule has 0 spiro atoms. The Balaban J connectivity index is 1.97. The predicted molar refractivity (Wildman–Crippen MR) is 94.4 cm³/mol. The Morgan fingerprint density at radius 2 is 1.52 bits per heavy atom. The van der Waals surface area contributed by atoms with Gasteiger partial charge in [-0.15, -0.1) is 0 Å². The van der Waals surface area contributed by atoms with E-state index in [0.29, 0.717) is 0 Å². The van der Waals surface area contributed by atoms with Gasteiger partial charge in [0.05, 0.1) is 18.5 Å². The van der Waals surface area contributed by atoms with Gasteiger partial charge in [0.1, 0.15) is 5.69 Å². The molecule has 116 valence electrons. The van der Waals surface area contributed by atoms with Crippen LogP contribution >= 0.6 is 0 Å². The molecule has 1 aliphatic heterocycles. The summed E-state index contributed by atoms with van der Waals surface area (Å²) in [6, 6.07) is 20.1. The van der Waals surface area contributed by atoms with Crippen LogP contribution in [0.4, 0.5) is 5.82 Å². The molecule has 1 aromatic heterocycles. The summed E-state index contributed by atoms with van der Waals surface area (Å²) >= 11 is 0. The molecule has 2 heterocycles. The van der Waals surface area contributed by atoms with Gasteiger partial charge in [-0.05, 0) is 36.8 Å². The number of piperidine rings is 1. The molecule has 3 aromatic rings. The molecule has 4 rings (SSSR count). The first-order valence-electron chi connectivity index (χ1n) is 8.30. The summed E-state index contributed by atoms with van der Waals surface area (Å²) in [5.74, 6) is 0.807. The van der Waals surface area contributed by atoms with Crippen LogP contribution in [0, 0.1) is 5.21 Å². The molecule has 1 aliphatic rings. The normalized spacial score (nSPS) is 15.0. The molecule has 2 aromatic carbocycles. The van der Waals surface area contributed by atoms with Crippen molar-refractivity contribution in [3.8, 4) is 11.3 Å². The first-order chi connectivity index (χ1) is 11.3. The summed E-state index contributed by atoms with van der Waals surface area (Å²) in [5, 5.41) is 15.3. The van der Waals surface area contributed by atoms with Crippen LogP contribution in [0.25, 0.3) is 22.0 Å². The maximum absolute atomic E-state index is 13.2. The second-order valence-corrected chi connectivity index (χ2v) is 6.15. The Morgan fingerprint density at radius 1 is 0.826 bits per heavy atom. The zero-order chi connectivity index (χ0) is 15.6. The van der Waals surface area contributed by atoms with Gasteiger partial charge in [0, 0.05) is 5.56 Å². The van der Waals surface area contributed by atoms with E-state index >= 15 is 0 Å². The van der Waals surface area contributed by atoms with Crippen molar-refractivity contribution >= 4 is 16.6 Å². The molecule has 0 N–H and O–H groups in total. The number of pyridine rings is 1. The average molecular weight is 304 g/mol. The van der Waals surface area contributed by atoms with Crippen molar-refractivity contribution in [3.63, 3.8) is 0 Å². The largest absolute Gasteiger partial charge is 0.710 e. The molecule has 0 unspecified atom stereocenters. The van der Waals surface area contributed by atoms with E-state index in [4.69, 9.17) is 0 Å². The summed E-state index contributed by atoms with van der Waals surface area (Å²) in [5.41, 5.74) is 1.69. The minimum atomic E-state index is 0.727. The summed E-state index contributed by atoms with van der Waals surface area (Å²) in [6.07, 6.45) is 3.57. The van der Waals surface area contributed by atoms with Gasteiger partial charge < -0.3 is 5.21 Å². The zero-order valence-electron chi connectivity index (χ0n) is 13.1. The number of rotatable bonds is 2. The van der Waals surface area contributed by atoms with Gasteiger partial charge in [0.2, 0.25) is 0 Å². The number of anilines is 1. The molecule has 0 atom stereocenters. The second-order valence-electron chi connectivity index (χ2n) is 6.15. The van der Waals surface area contributed by atoms with Crippen LogP contribution in [0.3, 0.4) is 0 Å². The van der Waals surface area contributed by atoms with E-state index in [2.05, 4.69) is 17.0 Å². The van der Waals surface area contributed by atoms with Crippen molar-refractivity contribution in [2.24, 2.45) is 0 Å². The lowest BCUT2D eigenvalue weighted by molar-refractivity contribution is -0.579. The van der Waals surface area contributed by atoms with Gasteiger partial charge >= 0.3 is 0 Å². The third-order valence-corrected chi connectivity index (χ3v) is 4.63. The molecule has 3 heteroatoms. The van der Waals surface area contributed by atoms with Gasteiger partial charge in [-0.2, -0.15) is 0 Å². The van der Waals surface area contributed by atoms with Crippen molar-refractivity contribution in [2.45, 2.75) is 19.3 Å². The smallest absolute Gasteiger partial charge is 0.288 e. The van der Waals surface area contributed by atoms with Crippen molar-refractivity contribution in [2.75, 3.05) is 18.0 Å². The molecule has 23 heavy (non-hydrogen) atoms. The number of aromatic nitrogens is 1. The molecule has 1 saturated heterocycles. The Bertz CT molecular complexity index is 824. The zero-order valence-corrected chi connectivity index (χ0v) is 13.1. The monoisotopic (exact) mass is 304 g/mol. The van der Waals surface area contributed by atoms with Crippen LogP contribution in [-0.4, -0.2) is 13.1 Å². The summed E-state index contributed by atoms with van der Waals surface area (Å²) in [7, 11) is 0. The van der Waals surface area contributed by atoms with E-state index < -0.39 is 0 Å². The van der Waals surface area contributed by atoms with E-state index in [9.17, 15) is 5.21 Å². The highest BCUT2D eigenvalue weighted by atomic mass is 16.5. The molecular weight excluding hydrogens is 284 g/mol. The quantitative estimate of drug-likeness (QED) is 0.526. The fourth-order valence-corrected chi connectivity index (χ4v) is 3.47. The summed E-state index contributed by atoms with van der Waals surface area (Å²) < 4.78 is 1.13. The lowest BCUT2D eigenvalue weighted by atomic mass is 10.0. The maximum atomic E-state index is 13.2. The molecule has 0 radical (unpaired) electrons. The van der Waals surface area contributed by atoms with Gasteiger partial charge in [-0.25, -0.2) is 4.73 Å². The Morgan fingerprint density at radius 3 is 2.30 bits per heavy atom. The molecule has 1 fully saturated rings. The SMILES string of the molecule is [O-][n+]1c(-c2ccccc2)cc2ccccc2c1N1CCCCC1. The topological polar surface area (TPSA) is 30.2 Å². The highest BCUT2D eigenvalue weighted by molar-refractivity contribution is 5.92. The number of benzene rings is 2. The third-order valence-electron chi connectivity index (χ3n) is 4.63. The number of nitrogens with zero attached hydrogens (tertiary/aromatic N) is 2. The predicted octanol–water partition coefficient (Wildman–Crippen LogP) is 4.13. The Hall–Kier alpha value is -2.55. The van der Waals surface area contributed by atoms with Crippen molar-refractivity contribution in [3.05, 3.63) is 65.9 Å². The first-order valence-corrected chi connectivity index (χ1v) is 8.30. The highest BCUT2D eigenvalue weighted by Crippen LogP contribution is 2.29. The van der Waals surface area contributed by atoms with Crippen LogP contribution in [0.2, 0.25) is 0 Å². The van der Waals surface area contributed by atoms with Crippen LogP contribution < -0.4 is 9.63 Å². The lowest BCUT2D eigenvalue weighted by Gasteiger charge is -2.27. The van der Waals surface area contributed by atoms with Crippen LogP contribution in [0.5, 0.6) is 0 Å². The van der Waals surface area contributed by atoms with Crippen LogP contribution in [0.15, 0.2) is 60.7 Å². The van der Waals surface area contributed by atoms with Gasteiger partial charge in [-0.3, -0.25) is 4.90 Å². The van der Waals surface area contributed by atoms with E-state index in [1.165, 1.54) is 6.42 Å². The van der Waals surface area contributed by atoms with Gasteiger partial charge in [0.25, 0.3) is 5.82 Å². The van der Waals surface area contributed by atoms with Crippen molar-refractivity contribution in [1.29, 1.82) is 0 Å². The van der Waals surface area contributed by atoms with E-state index in [-0.39, 0.29) is 0 Å².